The summed E-state index contributed by atoms with van der Waals surface area (Å²) < 4.78 is 13.4. The van der Waals surface area contributed by atoms with E-state index in [1.807, 2.05) is 17.5 Å². The Morgan fingerprint density at radius 3 is 2.82 bits per heavy atom. The number of aliphatic hydroxyl groups excluding tert-OH is 1. The molecule has 2 N–H and O–H groups in total. The number of rotatable bonds is 4. The van der Waals surface area contributed by atoms with Crippen molar-refractivity contribution >= 4 is 28.6 Å². The molecule has 0 bridgehead atoms. The zero-order chi connectivity index (χ0) is 12.3. The first kappa shape index (κ1) is 12.4. The molecular weight excluding hydrogens is 261 g/mol. The maximum atomic E-state index is 13.4. The monoisotopic (exact) mass is 271 g/mol. The van der Waals surface area contributed by atoms with Crippen molar-refractivity contribution in [3.8, 4) is 0 Å². The predicted molar refractivity (Wildman–Crippen MR) is 69.2 cm³/mol. The van der Waals surface area contributed by atoms with Crippen molar-refractivity contribution in [1.82, 2.24) is 0 Å². The van der Waals surface area contributed by atoms with Crippen molar-refractivity contribution in [2.24, 2.45) is 0 Å². The van der Waals surface area contributed by atoms with Gasteiger partial charge >= 0.3 is 0 Å². The number of halogens is 2. The Balaban J connectivity index is 2.03. The second kappa shape index (κ2) is 5.49. The van der Waals surface area contributed by atoms with Crippen LogP contribution in [0.25, 0.3) is 0 Å². The molecule has 2 aromatic rings. The summed E-state index contributed by atoms with van der Waals surface area (Å²) >= 11 is 7.31. The number of para-hydroxylation sites is 1. The summed E-state index contributed by atoms with van der Waals surface area (Å²) in [6, 6.07) is 8.16. The maximum Gasteiger partial charge on any atom is 0.147 e. The highest BCUT2D eigenvalue weighted by atomic mass is 35.5. The molecule has 2 nitrogen and oxygen atoms in total. The summed E-state index contributed by atoms with van der Waals surface area (Å²) in [6.07, 6.45) is -0.661. The largest absolute Gasteiger partial charge is 0.386 e. The molecule has 0 radical (unpaired) electrons. The van der Waals surface area contributed by atoms with Crippen LogP contribution in [-0.4, -0.2) is 11.7 Å². The Hall–Kier alpha value is -1.10. The third kappa shape index (κ3) is 2.97. The lowest BCUT2D eigenvalue weighted by atomic mass is 10.2. The van der Waals surface area contributed by atoms with Gasteiger partial charge in [0.25, 0.3) is 0 Å². The highest BCUT2D eigenvalue weighted by Crippen LogP contribution is 2.26. The fraction of sp³-hybridized carbons (Fsp3) is 0.167. The van der Waals surface area contributed by atoms with Gasteiger partial charge in [0.05, 0.1) is 10.7 Å². The van der Waals surface area contributed by atoms with Crippen LogP contribution < -0.4 is 5.32 Å². The van der Waals surface area contributed by atoms with Gasteiger partial charge in [0.2, 0.25) is 0 Å². The van der Waals surface area contributed by atoms with Crippen LogP contribution in [0.4, 0.5) is 10.1 Å². The lowest BCUT2D eigenvalue weighted by Crippen LogP contribution is -2.12. The van der Waals surface area contributed by atoms with Crippen molar-refractivity contribution in [2.45, 2.75) is 6.10 Å². The van der Waals surface area contributed by atoms with Crippen LogP contribution in [0.1, 0.15) is 11.0 Å². The molecule has 0 aliphatic rings. The average molecular weight is 272 g/mol. The van der Waals surface area contributed by atoms with Gasteiger partial charge in [0.15, 0.2) is 0 Å². The molecule has 1 aromatic carbocycles. The molecular formula is C12H11ClFNOS. The van der Waals surface area contributed by atoms with Crippen LogP contribution in [0.15, 0.2) is 35.7 Å². The molecule has 0 saturated heterocycles. The van der Waals surface area contributed by atoms with Crippen molar-refractivity contribution in [3.05, 3.63) is 51.4 Å². The second-order valence-corrected chi connectivity index (χ2v) is 4.90. The van der Waals surface area contributed by atoms with Gasteiger partial charge in [0, 0.05) is 11.4 Å². The van der Waals surface area contributed by atoms with E-state index in [1.54, 1.807) is 12.1 Å². The molecule has 0 fully saturated rings. The summed E-state index contributed by atoms with van der Waals surface area (Å²) in [7, 11) is 0. The van der Waals surface area contributed by atoms with Crippen LogP contribution >= 0.6 is 22.9 Å². The first-order valence-electron chi connectivity index (χ1n) is 5.08. The Morgan fingerprint density at radius 1 is 1.35 bits per heavy atom. The summed E-state index contributed by atoms with van der Waals surface area (Å²) in [5.41, 5.74) is 0.227. The van der Waals surface area contributed by atoms with Gasteiger partial charge in [0.1, 0.15) is 11.9 Å². The zero-order valence-corrected chi connectivity index (χ0v) is 10.4. The molecule has 1 unspecified atom stereocenters. The first-order chi connectivity index (χ1) is 8.18. The van der Waals surface area contributed by atoms with Gasteiger partial charge in [-0.25, -0.2) is 4.39 Å². The molecule has 1 aromatic heterocycles. The zero-order valence-electron chi connectivity index (χ0n) is 8.86. The van der Waals surface area contributed by atoms with Crippen LogP contribution in [0.3, 0.4) is 0 Å². The van der Waals surface area contributed by atoms with Gasteiger partial charge in [-0.2, -0.15) is 0 Å². The fourth-order valence-electron chi connectivity index (χ4n) is 1.45. The normalized spacial score (nSPS) is 12.4. The van der Waals surface area contributed by atoms with E-state index in [9.17, 15) is 9.50 Å². The molecule has 0 saturated carbocycles. The minimum Gasteiger partial charge on any atom is -0.386 e. The average Bonchev–Trinajstić information content (AvgIpc) is 2.81. The Labute approximate surface area is 108 Å². The molecule has 0 amide bonds. The van der Waals surface area contributed by atoms with Crippen LogP contribution in [-0.2, 0) is 0 Å². The van der Waals surface area contributed by atoms with Crippen LogP contribution in [0, 0.1) is 5.82 Å². The van der Waals surface area contributed by atoms with Gasteiger partial charge in [-0.3, -0.25) is 0 Å². The number of anilines is 1. The maximum absolute atomic E-state index is 13.4. The quantitative estimate of drug-likeness (QED) is 0.889. The molecule has 0 aliphatic heterocycles. The topological polar surface area (TPSA) is 32.3 Å². The Kier molecular flexibility index (Phi) is 3.99. The lowest BCUT2D eigenvalue weighted by Gasteiger charge is -2.13. The molecule has 1 heterocycles. The van der Waals surface area contributed by atoms with Gasteiger partial charge in [-0.15, -0.1) is 11.3 Å². The van der Waals surface area contributed by atoms with E-state index in [-0.39, 0.29) is 12.2 Å². The molecule has 0 spiro atoms. The minimum absolute atomic E-state index is 0.223. The highest BCUT2D eigenvalue weighted by molar-refractivity contribution is 7.10. The van der Waals surface area contributed by atoms with Crippen molar-refractivity contribution in [1.29, 1.82) is 0 Å². The van der Waals surface area contributed by atoms with E-state index >= 15 is 0 Å². The van der Waals surface area contributed by atoms with Gasteiger partial charge in [-0.05, 0) is 23.6 Å². The number of benzene rings is 1. The molecule has 0 aliphatic carbocycles. The van der Waals surface area contributed by atoms with Crippen LogP contribution in [0.5, 0.6) is 0 Å². The van der Waals surface area contributed by atoms with Crippen LogP contribution in [0.2, 0.25) is 5.02 Å². The number of aliphatic hydroxyl groups is 1. The minimum atomic E-state index is -0.661. The number of nitrogens with one attached hydrogen (secondary N) is 1. The van der Waals surface area contributed by atoms with Gasteiger partial charge in [-0.1, -0.05) is 23.7 Å². The van der Waals surface area contributed by atoms with E-state index < -0.39 is 11.9 Å². The summed E-state index contributed by atoms with van der Waals surface area (Å²) in [5, 5.41) is 14.8. The standard InChI is InChI=1S/C12H11ClFNOS/c13-8-3-1-4-9(14)12(8)15-7-10(16)11-5-2-6-17-11/h1-6,10,15-16H,7H2. The van der Waals surface area contributed by atoms with Crippen molar-refractivity contribution in [3.63, 3.8) is 0 Å². The van der Waals surface area contributed by atoms with Crippen molar-refractivity contribution in [2.75, 3.05) is 11.9 Å². The number of hydrogen-bond acceptors (Lipinski definition) is 3. The van der Waals surface area contributed by atoms with E-state index in [0.717, 1.165) is 4.88 Å². The predicted octanol–water partition coefficient (Wildman–Crippen LogP) is 3.69. The smallest absolute Gasteiger partial charge is 0.147 e. The number of hydrogen-bond donors (Lipinski definition) is 2. The second-order valence-electron chi connectivity index (χ2n) is 3.51. The summed E-state index contributed by atoms with van der Waals surface area (Å²) in [5.74, 6) is -0.420. The molecule has 90 valence electrons. The Bertz CT molecular complexity index is 469. The van der Waals surface area contributed by atoms with E-state index in [0.29, 0.717) is 5.02 Å². The van der Waals surface area contributed by atoms with Crippen molar-refractivity contribution < 1.29 is 9.50 Å². The first-order valence-corrected chi connectivity index (χ1v) is 6.33. The third-order valence-electron chi connectivity index (χ3n) is 2.31. The molecule has 2 rings (SSSR count). The lowest BCUT2D eigenvalue weighted by molar-refractivity contribution is 0.195. The SMILES string of the molecule is OC(CNc1c(F)cccc1Cl)c1cccs1. The molecule has 1 atom stereocenters. The summed E-state index contributed by atoms with van der Waals surface area (Å²) in [4.78, 5) is 0.838. The molecule has 5 heteroatoms. The van der Waals surface area contributed by atoms with E-state index in [1.165, 1.54) is 17.4 Å². The van der Waals surface area contributed by atoms with Gasteiger partial charge < -0.3 is 10.4 Å². The fourth-order valence-corrected chi connectivity index (χ4v) is 2.39. The molecule has 17 heavy (non-hydrogen) atoms. The van der Waals surface area contributed by atoms with E-state index in [2.05, 4.69) is 5.32 Å². The Morgan fingerprint density at radius 2 is 2.18 bits per heavy atom. The summed E-state index contributed by atoms with van der Waals surface area (Å²) in [6.45, 7) is 0.223. The highest BCUT2D eigenvalue weighted by Gasteiger charge is 2.11. The third-order valence-corrected chi connectivity index (χ3v) is 3.60. The number of thiophene rings is 1. The van der Waals surface area contributed by atoms with E-state index in [4.69, 9.17) is 11.6 Å².